The number of aromatic nitrogens is 3. The maximum atomic E-state index is 13.8. The van der Waals surface area contributed by atoms with E-state index in [4.69, 9.17) is 23.7 Å². The molecule has 2 amide bonds. The first-order valence-electron chi connectivity index (χ1n) is 18.7. The lowest BCUT2D eigenvalue weighted by Gasteiger charge is -2.36. The molecule has 0 unspecified atom stereocenters. The Labute approximate surface area is 266 Å². The summed E-state index contributed by atoms with van der Waals surface area (Å²) in [6.45, 7) is -4.64. The minimum Gasteiger partial charge on any atom is -0.494 e. The number of nitrogens with two attached hydrogens (primary N) is 1. The van der Waals surface area contributed by atoms with E-state index in [9.17, 15) is 9.59 Å². The van der Waals surface area contributed by atoms with Gasteiger partial charge in [-0.1, -0.05) is 18.2 Å². The van der Waals surface area contributed by atoms with E-state index < -0.39 is 25.8 Å². The Balaban J connectivity index is 1.16. The van der Waals surface area contributed by atoms with Crippen molar-refractivity contribution in [2.45, 2.75) is 63.1 Å². The first kappa shape index (κ1) is 21.8. The average Bonchev–Trinajstić information content (AvgIpc) is 3.40. The number of ether oxygens (including phenoxy) is 1. The van der Waals surface area contributed by atoms with Crippen molar-refractivity contribution in [3.63, 3.8) is 0 Å². The van der Waals surface area contributed by atoms with E-state index in [0.717, 1.165) is 65.7 Å². The van der Waals surface area contributed by atoms with Crippen LogP contribution >= 0.6 is 0 Å². The Morgan fingerprint density at radius 2 is 1.93 bits per heavy atom. The molecule has 44 heavy (non-hydrogen) atoms. The van der Waals surface area contributed by atoms with Crippen molar-refractivity contribution < 1.29 is 22.6 Å². The van der Waals surface area contributed by atoms with Gasteiger partial charge in [0, 0.05) is 71.3 Å². The quantitative estimate of drug-likeness (QED) is 0.330. The highest BCUT2D eigenvalue weighted by atomic mass is 16.5. The number of carbonyl (C=O) groups is 2. The second-order valence-corrected chi connectivity index (χ2v) is 13.4. The fourth-order valence-corrected chi connectivity index (χ4v) is 8.14. The third kappa shape index (κ3) is 4.19. The second kappa shape index (κ2) is 10.1. The molecule has 4 aromatic rings. The molecule has 4 aliphatic rings. The Morgan fingerprint density at radius 3 is 2.61 bits per heavy atom. The van der Waals surface area contributed by atoms with Crippen molar-refractivity contribution in [2.75, 3.05) is 27.6 Å². The standard InChI is InChI=1S/C35H42N6O3/c1-38(2)34(42)23-12-22(13-23)25-7-5-6-20-15-28(40(31(20)25)17-19-8-9-19)33-37-26-14-24(16-29(44-4)32(26)39(33)3)35(43)41-18-21-10-11-27(41)30(21)36/h5-7,14-16,19,21-23,27,30H,8-13,17-18,36H2,1-4H3/t21-,22?,23?,27-,30-/m1/s1/i1D3,2D3. The number of hydrogen-bond acceptors (Lipinski definition) is 5. The molecular formula is C35H42N6O3. The van der Waals surface area contributed by atoms with Gasteiger partial charge in [0.1, 0.15) is 11.3 Å². The molecule has 3 heterocycles. The van der Waals surface area contributed by atoms with Gasteiger partial charge in [-0.15, -0.1) is 0 Å². The number of imidazole rings is 1. The molecule has 2 N–H and O–H groups in total. The predicted molar refractivity (Wildman–Crippen MR) is 171 cm³/mol. The lowest BCUT2D eigenvalue weighted by Crippen LogP contribution is -2.41. The molecule has 8 rings (SSSR count). The second-order valence-electron chi connectivity index (χ2n) is 13.4. The van der Waals surface area contributed by atoms with Crippen LogP contribution in [0.25, 0.3) is 33.5 Å². The van der Waals surface area contributed by atoms with Crippen LogP contribution in [0, 0.1) is 17.8 Å². The minimum absolute atomic E-state index is 0.0219. The Morgan fingerprint density at radius 1 is 1.11 bits per heavy atom. The summed E-state index contributed by atoms with van der Waals surface area (Å²) in [6.07, 6.45) is 4.99. The molecule has 9 nitrogen and oxygen atoms in total. The van der Waals surface area contributed by atoms with Gasteiger partial charge in [0.2, 0.25) is 5.91 Å². The number of amides is 2. The van der Waals surface area contributed by atoms with Crippen LogP contribution in [0.15, 0.2) is 36.4 Å². The largest absolute Gasteiger partial charge is 0.494 e. The molecule has 3 aliphatic carbocycles. The monoisotopic (exact) mass is 600 g/mol. The molecule has 9 heteroatoms. The van der Waals surface area contributed by atoms with Gasteiger partial charge in [0.05, 0.1) is 23.8 Å². The van der Waals surface area contributed by atoms with E-state index in [2.05, 4.69) is 22.8 Å². The van der Waals surface area contributed by atoms with Gasteiger partial charge < -0.3 is 29.4 Å². The van der Waals surface area contributed by atoms with Crippen molar-refractivity contribution in [1.82, 2.24) is 23.9 Å². The van der Waals surface area contributed by atoms with Gasteiger partial charge in [-0.25, -0.2) is 4.98 Å². The summed E-state index contributed by atoms with van der Waals surface area (Å²) in [6, 6.07) is 12.0. The van der Waals surface area contributed by atoms with Crippen molar-refractivity contribution in [1.29, 1.82) is 0 Å². The van der Waals surface area contributed by atoms with Crippen LogP contribution in [0.2, 0.25) is 0 Å². The summed E-state index contributed by atoms with van der Waals surface area (Å²) in [5, 5.41) is 1.02. The van der Waals surface area contributed by atoms with E-state index in [0.29, 0.717) is 48.1 Å². The summed E-state index contributed by atoms with van der Waals surface area (Å²) in [7, 11) is 3.56. The van der Waals surface area contributed by atoms with Gasteiger partial charge >= 0.3 is 0 Å². The van der Waals surface area contributed by atoms with Crippen LogP contribution in [0.4, 0.5) is 0 Å². The lowest BCUT2D eigenvalue weighted by atomic mass is 9.70. The van der Waals surface area contributed by atoms with Crippen molar-refractivity contribution >= 4 is 33.8 Å². The Kier molecular flexibility index (Phi) is 5.00. The van der Waals surface area contributed by atoms with Crippen LogP contribution in [0.5, 0.6) is 5.75 Å². The Hall–Kier alpha value is -3.85. The maximum Gasteiger partial charge on any atom is 0.254 e. The van der Waals surface area contributed by atoms with Gasteiger partial charge in [-0.05, 0) is 80.0 Å². The molecule has 3 saturated carbocycles. The van der Waals surface area contributed by atoms with Crippen molar-refractivity contribution in [3.8, 4) is 17.3 Å². The van der Waals surface area contributed by atoms with E-state index in [1.54, 1.807) is 13.2 Å². The summed E-state index contributed by atoms with van der Waals surface area (Å²) in [5.74, 6) is 0.555. The van der Waals surface area contributed by atoms with Gasteiger partial charge in [0.25, 0.3) is 5.91 Å². The van der Waals surface area contributed by atoms with Crippen LogP contribution in [0.3, 0.4) is 0 Å². The first-order valence-corrected chi connectivity index (χ1v) is 15.7. The van der Waals surface area contributed by atoms with Gasteiger partial charge in [-0.3, -0.25) is 9.59 Å². The number of piperidine rings is 1. The number of fused-ring (bicyclic) bond motifs is 4. The fraction of sp³-hybridized carbons (Fsp3) is 0.514. The number of para-hydroxylation sites is 1. The number of likely N-dealkylation sites (tertiary alicyclic amines) is 1. The average molecular weight is 601 g/mol. The molecular weight excluding hydrogens is 552 g/mol. The number of rotatable bonds is 7. The number of methoxy groups -OCH3 is 1. The van der Waals surface area contributed by atoms with Crippen LogP contribution in [-0.4, -0.2) is 75.4 Å². The van der Waals surface area contributed by atoms with E-state index in [1.165, 1.54) is 0 Å². The Bertz CT molecular complexity index is 2010. The predicted octanol–water partition coefficient (Wildman–Crippen LogP) is 4.76. The number of hydrogen-bond donors (Lipinski definition) is 1. The third-order valence-corrected chi connectivity index (χ3v) is 10.8. The van der Waals surface area contributed by atoms with E-state index in [1.807, 2.05) is 28.6 Å². The summed E-state index contributed by atoms with van der Waals surface area (Å²) < 4.78 is 56.3. The molecule has 1 aliphatic heterocycles. The first-order chi connectivity index (χ1) is 23.7. The normalized spacial score (nSPS) is 28.6. The van der Waals surface area contributed by atoms with Crippen LogP contribution in [0.1, 0.15) is 68.6 Å². The van der Waals surface area contributed by atoms with Crippen molar-refractivity contribution in [2.24, 2.45) is 30.5 Å². The summed E-state index contributed by atoms with van der Waals surface area (Å²) >= 11 is 0. The summed E-state index contributed by atoms with van der Waals surface area (Å²) in [4.78, 5) is 34.1. The SMILES string of the molecule is [2H]C([2H])([2H])N(C(=O)C1CC(c2cccc3cc(-c4nc5cc(C(=O)N6C[C@H]7CC[C@@H]6[C@@H]7N)cc(OC)c5n4C)n(CC4CC4)c23)C1)C([2H])([2H])[2H]. The number of benzene rings is 2. The maximum absolute atomic E-state index is 13.8. The van der Waals surface area contributed by atoms with Crippen molar-refractivity contribution in [3.05, 3.63) is 47.5 Å². The third-order valence-electron chi connectivity index (χ3n) is 10.8. The molecule has 3 atom stereocenters. The highest BCUT2D eigenvalue weighted by Crippen LogP contribution is 2.47. The fourth-order valence-electron chi connectivity index (χ4n) is 8.14. The van der Waals surface area contributed by atoms with E-state index >= 15 is 0 Å². The number of carbonyl (C=O) groups excluding carboxylic acids is 2. The molecule has 230 valence electrons. The molecule has 0 radical (unpaired) electrons. The van der Waals surface area contributed by atoms with E-state index in [-0.39, 0.29) is 28.8 Å². The zero-order valence-electron chi connectivity index (χ0n) is 31.1. The minimum atomic E-state index is -3.05. The topological polar surface area (TPSA) is 98.6 Å². The van der Waals surface area contributed by atoms with Crippen LogP contribution < -0.4 is 10.5 Å². The zero-order valence-corrected chi connectivity index (χ0v) is 25.1. The summed E-state index contributed by atoms with van der Waals surface area (Å²) in [5.41, 5.74) is 11.4. The zero-order chi connectivity index (χ0) is 35.4. The molecule has 2 bridgehead atoms. The lowest BCUT2D eigenvalue weighted by molar-refractivity contribution is -0.136. The van der Waals surface area contributed by atoms with Crippen LogP contribution in [-0.2, 0) is 18.4 Å². The van der Waals surface area contributed by atoms with Gasteiger partial charge in [0.15, 0.2) is 5.82 Å². The number of aryl methyl sites for hydroxylation is 1. The highest BCUT2D eigenvalue weighted by molar-refractivity contribution is 6.00. The molecule has 1 saturated heterocycles. The highest BCUT2D eigenvalue weighted by Gasteiger charge is 2.47. The molecule has 2 aromatic heterocycles. The molecule has 2 aromatic carbocycles. The van der Waals surface area contributed by atoms with Gasteiger partial charge in [-0.2, -0.15) is 0 Å². The smallest absolute Gasteiger partial charge is 0.254 e. The number of nitrogens with zero attached hydrogens (tertiary/aromatic N) is 5. The molecule has 0 spiro atoms. The molecule has 4 fully saturated rings.